The van der Waals surface area contributed by atoms with Crippen molar-refractivity contribution in [2.45, 2.75) is 25.7 Å². The minimum Gasteiger partial charge on any atom is -0.456 e. The molecular formula is C17H14FNO. The van der Waals surface area contributed by atoms with E-state index < -0.39 is 5.82 Å². The molecule has 0 fully saturated rings. The number of hydrogen-bond acceptors (Lipinski definition) is 2. The Hall–Kier alpha value is -2.34. The summed E-state index contributed by atoms with van der Waals surface area (Å²) in [6.07, 6.45) is 4.64. The van der Waals surface area contributed by atoms with Crippen LogP contribution in [0.2, 0.25) is 0 Å². The molecule has 2 nitrogen and oxygen atoms in total. The SMILES string of the molecule is N#Cc1cc(F)ccc1Oc1ccc2c(c1)CCCC2. The normalized spacial score (nSPS) is 13.4. The molecule has 0 unspecified atom stereocenters. The number of halogens is 1. The summed E-state index contributed by atoms with van der Waals surface area (Å²) in [6.45, 7) is 0. The van der Waals surface area contributed by atoms with Crippen LogP contribution in [0.25, 0.3) is 0 Å². The Morgan fingerprint density at radius 3 is 2.60 bits per heavy atom. The summed E-state index contributed by atoms with van der Waals surface area (Å²) >= 11 is 0. The number of fused-ring (bicyclic) bond motifs is 1. The Labute approximate surface area is 117 Å². The Balaban J connectivity index is 1.90. The summed E-state index contributed by atoms with van der Waals surface area (Å²) in [7, 11) is 0. The largest absolute Gasteiger partial charge is 0.456 e. The van der Waals surface area contributed by atoms with Crippen LogP contribution in [0.15, 0.2) is 36.4 Å². The minimum absolute atomic E-state index is 0.211. The van der Waals surface area contributed by atoms with Crippen LogP contribution in [-0.4, -0.2) is 0 Å². The van der Waals surface area contributed by atoms with E-state index in [2.05, 4.69) is 6.07 Å². The first kappa shape index (κ1) is 12.7. The number of ether oxygens (including phenoxy) is 1. The van der Waals surface area contributed by atoms with Crippen molar-refractivity contribution < 1.29 is 9.13 Å². The third-order valence-electron chi connectivity index (χ3n) is 3.61. The highest BCUT2D eigenvalue weighted by Gasteiger charge is 2.11. The summed E-state index contributed by atoms with van der Waals surface area (Å²) in [6, 6.07) is 12.0. The van der Waals surface area contributed by atoms with Crippen molar-refractivity contribution >= 4 is 0 Å². The van der Waals surface area contributed by atoms with Crippen LogP contribution in [0.4, 0.5) is 4.39 Å². The lowest BCUT2D eigenvalue weighted by Crippen LogP contribution is -2.02. The predicted molar refractivity (Wildman–Crippen MR) is 74.3 cm³/mol. The van der Waals surface area contributed by atoms with Gasteiger partial charge < -0.3 is 4.74 Å². The molecule has 2 aromatic rings. The molecule has 100 valence electrons. The van der Waals surface area contributed by atoms with Crippen LogP contribution in [0, 0.1) is 17.1 Å². The van der Waals surface area contributed by atoms with Gasteiger partial charge in [-0.25, -0.2) is 4.39 Å². The van der Waals surface area contributed by atoms with E-state index in [4.69, 9.17) is 10.00 Å². The first-order chi connectivity index (χ1) is 9.76. The Morgan fingerprint density at radius 2 is 1.80 bits per heavy atom. The van der Waals surface area contributed by atoms with E-state index in [0.717, 1.165) is 12.8 Å². The van der Waals surface area contributed by atoms with Gasteiger partial charge in [-0.05, 0) is 67.1 Å². The standard InChI is InChI=1S/C17H14FNO/c18-15-6-8-17(14(9-15)11-19)20-16-7-5-12-3-1-2-4-13(12)10-16/h5-10H,1-4H2. The monoisotopic (exact) mass is 267 g/mol. The molecule has 0 amide bonds. The van der Waals surface area contributed by atoms with Crippen molar-refractivity contribution in [2.75, 3.05) is 0 Å². The molecule has 1 aliphatic carbocycles. The van der Waals surface area contributed by atoms with E-state index in [1.54, 1.807) is 0 Å². The van der Waals surface area contributed by atoms with Gasteiger partial charge in [-0.3, -0.25) is 0 Å². The van der Waals surface area contributed by atoms with Gasteiger partial charge in [0.2, 0.25) is 0 Å². The average molecular weight is 267 g/mol. The maximum Gasteiger partial charge on any atom is 0.145 e. The van der Waals surface area contributed by atoms with Crippen molar-refractivity contribution in [1.29, 1.82) is 5.26 Å². The molecule has 0 spiro atoms. The molecule has 0 radical (unpaired) electrons. The molecule has 2 aromatic carbocycles. The highest BCUT2D eigenvalue weighted by molar-refractivity contribution is 5.46. The van der Waals surface area contributed by atoms with Gasteiger partial charge in [0, 0.05) is 0 Å². The first-order valence-corrected chi connectivity index (χ1v) is 6.75. The van der Waals surface area contributed by atoms with Crippen molar-refractivity contribution in [3.05, 3.63) is 58.9 Å². The minimum atomic E-state index is -0.431. The molecule has 1 aliphatic rings. The smallest absolute Gasteiger partial charge is 0.145 e. The highest BCUT2D eigenvalue weighted by Crippen LogP contribution is 2.30. The van der Waals surface area contributed by atoms with Gasteiger partial charge in [0.25, 0.3) is 0 Å². The third kappa shape index (κ3) is 2.50. The quantitative estimate of drug-likeness (QED) is 0.809. The molecule has 0 aromatic heterocycles. The number of rotatable bonds is 2. The van der Waals surface area contributed by atoms with Crippen LogP contribution in [-0.2, 0) is 12.8 Å². The summed E-state index contributed by atoms with van der Waals surface area (Å²) in [5, 5.41) is 9.02. The fourth-order valence-corrected chi connectivity index (χ4v) is 2.58. The van der Waals surface area contributed by atoms with Gasteiger partial charge in [-0.2, -0.15) is 5.26 Å². The zero-order valence-electron chi connectivity index (χ0n) is 11.0. The second-order valence-electron chi connectivity index (χ2n) is 4.99. The molecule has 0 saturated heterocycles. The highest BCUT2D eigenvalue weighted by atomic mass is 19.1. The van der Waals surface area contributed by atoms with Crippen LogP contribution < -0.4 is 4.74 Å². The summed E-state index contributed by atoms with van der Waals surface area (Å²) < 4.78 is 18.8. The molecule has 3 rings (SSSR count). The topological polar surface area (TPSA) is 33.0 Å². The zero-order chi connectivity index (χ0) is 13.9. The third-order valence-corrected chi connectivity index (χ3v) is 3.61. The van der Waals surface area contributed by atoms with E-state index in [1.807, 2.05) is 18.2 Å². The number of nitrogens with zero attached hydrogens (tertiary/aromatic N) is 1. The fraction of sp³-hybridized carbons (Fsp3) is 0.235. The van der Waals surface area contributed by atoms with E-state index in [1.165, 1.54) is 42.2 Å². The maximum atomic E-state index is 13.1. The van der Waals surface area contributed by atoms with Gasteiger partial charge in [0.1, 0.15) is 23.4 Å². The molecule has 3 heteroatoms. The van der Waals surface area contributed by atoms with Gasteiger partial charge in [0.15, 0.2) is 0 Å². The van der Waals surface area contributed by atoms with Gasteiger partial charge >= 0.3 is 0 Å². The average Bonchev–Trinajstić information content (AvgIpc) is 2.49. The second-order valence-corrected chi connectivity index (χ2v) is 4.99. The van der Waals surface area contributed by atoms with Gasteiger partial charge in [-0.1, -0.05) is 6.07 Å². The lowest BCUT2D eigenvalue weighted by molar-refractivity contribution is 0.477. The van der Waals surface area contributed by atoms with Crippen LogP contribution in [0.3, 0.4) is 0 Å². The molecule has 0 atom stereocenters. The predicted octanol–water partition coefficient (Wildman–Crippen LogP) is 4.37. The summed E-state index contributed by atoms with van der Waals surface area (Å²) in [5.74, 6) is 0.665. The lowest BCUT2D eigenvalue weighted by Gasteiger charge is -2.17. The van der Waals surface area contributed by atoms with Crippen molar-refractivity contribution in [1.82, 2.24) is 0 Å². The molecule has 0 heterocycles. The van der Waals surface area contributed by atoms with E-state index in [-0.39, 0.29) is 5.56 Å². The Kier molecular flexibility index (Phi) is 3.39. The fourth-order valence-electron chi connectivity index (χ4n) is 2.58. The second kappa shape index (κ2) is 5.34. The Morgan fingerprint density at radius 1 is 1.00 bits per heavy atom. The summed E-state index contributed by atoms with van der Waals surface area (Å²) in [5.41, 5.74) is 2.90. The van der Waals surface area contributed by atoms with Gasteiger partial charge in [-0.15, -0.1) is 0 Å². The Bertz CT molecular complexity index is 688. The number of nitriles is 1. The number of benzene rings is 2. The molecule has 0 bridgehead atoms. The molecule has 0 aliphatic heterocycles. The lowest BCUT2D eigenvalue weighted by atomic mass is 9.92. The van der Waals surface area contributed by atoms with Crippen molar-refractivity contribution in [2.24, 2.45) is 0 Å². The first-order valence-electron chi connectivity index (χ1n) is 6.75. The van der Waals surface area contributed by atoms with E-state index in [9.17, 15) is 4.39 Å². The van der Waals surface area contributed by atoms with Crippen molar-refractivity contribution in [3.63, 3.8) is 0 Å². The van der Waals surface area contributed by atoms with Crippen LogP contribution in [0.5, 0.6) is 11.5 Å². The zero-order valence-corrected chi connectivity index (χ0v) is 11.0. The maximum absolute atomic E-state index is 13.1. The molecular weight excluding hydrogens is 253 g/mol. The van der Waals surface area contributed by atoms with Crippen LogP contribution >= 0.6 is 0 Å². The van der Waals surface area contributed by atoms with Gasteiger partial charge in [0.05, 0.1) is 5.56 Å². The van der Waals surface area contributed by atoms with E-state index in [0.29, 0.717) is 11.5 Å². The number of aryl methyl sites for hydroxylation is 2. The summed E-state index contributed by atoms with van der Waals surface area (Å²) in [4.78, 5) is 0. The van der Waals surface area contributed by atoms with Crippen LogP contribution in [0.1, 0.15) is 29.5 Å². The molecule has 0 saturated carbocycles. The number of hydrogen-bond donors (Lipinski definition) is 0. The van der Waals surface area contributed by atoms with E-state index >= 15 is 0 Å². The van der Waals surface area contributed by atoms with Crippen molar-refractivity contribution in [3.8, 4) is 17.6 Å². The molecule has 20 heavy (non-hydrogen) atoms. The molecule has 0 N–H and O–H groups in total.